The second kappa shape index (κ2) is 14.3. The number of carbonyl (C=O) groups is 1. The highest BCUT2D eigenvalue weighted by Gasteiger charge is 2.57. The number of β-amino-alcohol motifs (C(OH)–C–C–N with tert-alkyl or cyclic N) is 1. The summed E-state index contributed by atoms with van der Waals surface area (Å²) >= 11 is 6.15. The maximum absolute atomic E-state index is 14.9. The molecule has 0 spiro atoms. The summed E-state index contributed by atoms with van der Waals surface area (Å²) in [5.74, 6) is 0.552. The Morgan fingerprint density at radius 1 is 1.06 bits per heavy atom. The van der Waals surface area contributed by atoms with Gasteiger partial charge in [0, 0.05) is 48.3 Å². The summed E-state index contributed by atoms with van der Waals surface area (Å²) in [5.41, 5.74) is -1.33. The molecular weight excluding hydrogens is 635 g/mol. The SMILES string of the molecule is CCOC(=O)Cc1ccc(OC2CCN(CC(O)(c3cn(Cc4cccc(Cl)c4)c4cc(C#N)ccc34)C(F)(F)F)CC2)c(OC)c1. The van der Waals surface area contributed by atoms with Crippen molar-refractivity contribution in [3.8, 4) is 17.6 Å². The molecule has 4 aromatic rings. The number of hydrogen-bond donors (Lipinski definition) is 1. The third kappa shape index (κ3) is 7.67. The first kappa shape index (κ1) is 34.1. The number of piperidine rings is 1. The summed E-state index contributed by atoms with van der Waals surface area (Å²) < 4.78 is 62.9. The molecule has 0 radical (unpaired) electrons. The summed E-state index contributed by atoms with van der Waals surface area (Å²) in [6.45, 7) is 2.05. The number of rotatable bonds is 11. The van der Waals surface area contributed by atoms with Crippen LogP contribution in [0.4, 0.5) is 13.2 Å². The molecule has 1 aliphatic heterocycles. The molecule has 248 valence electrons. The Morgan fingerprint density at radius 2 is 1.83 bits per heavy atom. The van der Waals surface area contributed by atoms with Crippen molar-refractivity contribution in [3.05, 3.63) is 94.1 Å². The monoisotopic (exact) mass is 669 g/mol. The zero-order chi connectivity index (χ0) is 33.8. The van der Waals surface area contributed by atoms with E-state index in [0.29, 0.717) is 40.4 Å². The topological polar surface area (TPSA) is 97.0 Å². The van der Waals surface area contributed by atoms with Gasteiger partial charge in [-0.2, -0.15) is 18.4 Å². The van der Waals surface area contributed by atoms with Gasteiger partial charge in [0.25, 0.3) is 0 Å². The lowest BCUT2D eigenvalue weighted by Gasteiger charge is -2.39. The fourth-order valence-electron chi connectivity index (χ4n) is 5.97. The Labute approximate surface area is 275 Å². The number of methoxy groups -OCH3 is 1. The van der Waals surface area contributed by atoms with Crippen molar-refractivity contribution in [1.82, 2.24) is 9.47 Å². The quantitative estimate of drug-likeness (QED) is 0.179. The van der Waals surface area contributed by atoms with E-state index in [1.54, 1.807) is 58.9 Å². The van der Waals surface area contributed by atoms with E-state index in [9.17, 15) is 28.3 Å². The number of halogens is 4. The molecular formula is C35H35ClF3N3O5. The van der Waals surface area contributed by atoms with Crippen molar-refractivity contribution in [2.24, 2.45) is 0 Å². The number of carbonyl (C=O) groups excluding carboxylic acids is 1. The molecule has 1 saturated heterocycles. The number of likely N-dealkylation sites (tertiary alicyclic amines) is 1. The third-order valence-electron chi connectivity index (χ3n) is 8.33. The highest BCUT2D eigenvalue weighted by Crippen LogP contribution is 2.44. The van der Waals surface area contributed by atoms with Crippen LogP contribution in [0.25, 0.3) is 10.9 Å². The zero-order valence-electron chi connectivity index (χ0n) is 26.0. The molecule has 3 aromatic carbocycles. The number of aliphatic hydroxyl groups is 1. The van der Waals surface area contributed by atoms with Gasteiger partial charge in [-0.15, -0.1) is 0 Å². The number of alkyl halides is 3. The molecule has 12 heteroatoms. The zero-order valence-corrected chi connectivity index (χ0v) is 26.8. The number of nitrogens with zero attached hydrogens (tertiary/aromatic N) is 3. The van der Waals surface area contributed by atoms with Gasteiger partial charge in [0.2, 0.25) is 5.60 Å². The number of esters is 1. The van der Waals surface area contributed by atoms with E-state index in [2.05, 4.69) is 0 Å². The second-order valence-corrected chi connectivity index (χ2v) is 12.0. The number of aromatic nitrogens is 1. The van der Waals surface area contributed by atoms with Crippen LogP contribution in [0.5, 0.6) is 11.5 Å². The van der Waals surface area contributed by atoms with Gasteiger partial charge in [0.1, 0.15) is 6.10 Å². The molecule has 1 aromatic heterocycles. The summed E-state index contributed by atoms with van der Waals surface area (Å²) in [5, 5.41) is 21.7. The first-order valence-corrected chi connectivity index (χ1v) is 15.6. The summed E-state index contributed by atoms with van der Waals surface area (Å²) in [7, 11) is 1.49. The van der Waals surface area contributed by atoms with Crippen molar-refractivity contribution in [3.63, 3.8) is 0 Å². The molecule has 47 heavy (non-hydrogen) atoms. The smallest absolute Gasteiger partial charge is 0.422 e. The van der Waals surface area contributed by atoms with Gasteiger partial charge in [-0.05, 0) is 67.3 Å². The van der Waals surface area contributed by atoms with Crippen LogP contribution in [0, 0.1) is 11.3 Å². The number of nitriles is 1. The minimum atomic E-state index is -5.00. The molecule has 1 N–H and O–H groups in total. The predicted octanol–water partition coefficient (Wildman–Crippen LogP) is 6.62. The van der Waals surface area contributed by atoms with Gasteiger partial charge in [0.15, 0.2) is 11.5 Å². The Morgan fingerprint density at radius 3 is 2.49 bits per heavy atom. The number of hydrogen-bond acceptors (Lipinski definition) is 7. The van der Waals surface area contributed by atoms with E-state index in [4.69, 9.17) is 25.8 Å². The fraction of sp³-hybridized carbons (Fsp3) is 0.371. The van der Waals surface area contributed by atoms with Crippen molar-refractivity contribution >= 4 is 28.5 Å². The summed E-state index contributed by atoms with van der Waals surface area (Å²) in [4.78, 5) is 13.5. The van der Waals surface area contributed by atoms with Gasteiger partial charge in [0.05, 0.1) is 37.3 Å². The average Bonchev–Trinajstić information content (AvgIpc) is 3.40. The van der Waals surface area contributed by atoms with Crippen LogP contribution in [0.15, 0.2) is 66.9 Å². The van der Waals surface area contributed by atoms with E-state index < -0.39 is 18.3 Å². The maximum atomic E-state index is 14.9. The third-order valence-corrected chi connectivity index (χ3v) is 8.57. The largest absolute Gasteiger partial charge is 0.493 e. The molecule has 5 rings (SSSR count). The van der Waals surface area contributed by atoms with Crippen LogP contribution in [0.2, 0.25) is 5.02 Å². The molecule has 1 fully saturated rings. The van der Waals surface area contributed by atoms with E-state index >= 15 is 0 Å². The van der Waals surface area contributed by atoms with Crippen LogP contribution in [0.1, 0.15) is 42.0 Å². The summed E-state index contributed by atoms with van der Waals surface area (Å²) in [6.07, 6.45) is -3.04. The van der Waals surface area contributed by atoms with Crippen LogP contribution in [-0.2, 0) is 28.1 Å². The molecule has 0 amide bonds. The van der Waals surface area contributed by atoms with E-state index in [1.165, 1.54) is 31.5 Å². The Balaban J connectivity index is 1.34. The molecule has 1 atom stereocenters. The van der Waals surface area contributed by atoms with Crippen LogP contribution < -0.4 is 9.47 Å². The normalized spacial score (nSPS) is 15.6. The highest BCUT2D eigenvalue weighted by molar-refractivity contribution is 6.30. The van der Waals surface area contributed by atoms with Gasteiger partial charge in [-0.3, -0.25) is 9.69 Å². The number of benzene rings is 3. The molecule has 0 bridgehead atoms. The minimum Gasteiger partial charge on any atom is -0.493 e. The minimum absolute atomic E-state index is 0.0870. The first-order valence-electron chi connectivity index (χ1n) is 15.2. The fourth-order valence-corrected chi connectivity index (χ4v) is 6.18. The molecule has 1 unspecified atom stereocenters. The van der Waals surface area contributed by atoms with E-state index in [0.717, 1.165) is 5.56 Å². The van der Waals surface area contributed by atoms with Gasteiger partial charge in [-0.1, -0.05) is 35.9 Å². The van der Waals surface area contributed by atoms with Gasteiger partial charge >= 0.3 is 12.1 Å². The number of ether oxygens (including phenoxy) is 3. The lowest BCUT2D eigenvalue weighted by molar-refractivity contribution is -0.272. The Bertz CT molecular complexity index is 1780. The number of fused-ring (bicyclic) bond motifs is 1. The summed E-state index contributed by atoms with van der Waals surface area (Å²) in [6, 6.07) is 18.6. The van der Waals surface area contributed by atoms with Crippen LogP contribution >= 0.6 is 11.6 Å². The lowest BCUT2D eigenvalue weighted by atomic mass is 9.90. The Hall–Kier alpha value is -4.24. The predicted molar refractivity (Wildman–Crippen MR) is 171 cm³/mol. The van der Waals surface area contributed by atoms with Crippen molar-refractivity contribution < 1.29 is 37.3 Å². The van der Waals surface area contributed by atoms with Crippen molar-refractivity contribution in [2.45, 2.75) is 50.6 Å². The van der Waals surface area contributed by atoms with E-state index in [1.807, 2.05) is 6.07 Å². The average molecular weight is 670 g/mol. The second-order valence-electron chi connectivity index (χ2n) is 11.6. The molecule has 0 aliphatic carbocycles. The maximum Gasteiger partial charge on any atom is 0.422 e. The van der Waals surface area contributed by atoms with Gasteiger partial charge < -0.3 is 23.9 Å². The molecule has 0 saturated carbocycles. The van der Waals surface area contributed by atoms with Crippen molar-refractivity contribution in [1.29, 1.82) is 5.26 Å². The standard InChI is InChI=1S/C35H35ClF3N3O5/c1-3-46-33(43)18-23-8-10-31(32(17-23)45-2)47-27-11-13-41(14-12-27)22-34(44,35(37,38)39)29-21-42(20-25-5-4-6-26(36)15-25)30-16-24(19-40)7-9-28(29)30/h4-10,15-17,21,27,44H,3,11-14,18,20,22H2,1-2H3. The first-order chi connectivity index (χ1) is 22.4. The Kier molecular flexibility index (Phi) is 10.3. The highest BCUT2D eigenvalue weighted by atomic mass is 35.5. The molecule has 8 nitrogen and oxygen atoms in total. The molecule has 1 aliphatic rings. The molecule has 2 heterocycles. The lowest BCUT2D eigenvalue weighted by Crippen LogP contribution is -2.53. The van der Waals surface area contributed by atoms with Crippen LogP contribution in [-0.4, -0.2) is 66.2 Å². The van der Waals surface area contributed by atoms with Crippen LogP contribution in [0.3, 0.4) is 0 Å². The van der Waals surface area contributed by atoms with Gasteiger partial charge in [-0.25, -0.2) is 0 Å². The van der Waals surface area contributed by atoms with Crippen molar-refractivity contribution in [2.75, 3.05) is 33.4 Å². The van der Waals surface area contributed by atoms with E-state index in [-0.39, 0.29) is 61.2 Å².